The molecule has 0 atom stereocenters. The van der Waals surface area contributed by atoms with Crippen molar-refractivity contribution < 1.29 is 18.9 Å². The van der Waals surface area contributed by atoms with Gasteiger partial charge in [0.15, 0.2) is 23.3 Å². The minimum absolute atomic E-state index is 0.133. The third-order valence-electron chi connectivity index (χ3n) is 20.0. The maximum atomic E-state index is 6.77. The summed E-state index contributed by atoms with van der Waals surface area (Å²) >= 11 is 0. The summed E-state index contributed by atoms with van der Waals surface area (Å²) in [5, 5.41) is 3.21. The van der Waals surface area contributed by atoms with Crippen LogP contribution in [0.5, 0.6) is 23.0 Å². The van der Waals surface area contributed by atoms with Crippen LogP contribution < -0.4 is 18.9 Å². The lowest BCUT2D eigenvalue weighted by Crippen LogP contribution is -2.07. The van der Waals surface area contributed by atoms with Gasteiger partial charge in [-0.25, -0.2) is 29.9 Å². The number of nitrogens with zero attached hydrogens (tertiary/aromatic N) is 6. The Balaban J connectivity index is 0.791. The molecule has 104 heavy (non-hydrogen) atoms. The Morgan fingerprint density at radius 2 is 0.433 bits per heavy atom. The highest BCUT2D eigenvalue weighted by molar-refractivity contribution is 6.07. The van der Waals surface area contributed by atoms with Gasteiger partial charge >= 0.3 is 0 Å². The topological polar surface area (TPSA) is 146 Å². The van der Waals surface area contributed by atoms with E-state index >= 15 is 0 Å². The normalized spacial score (nSPS) is 11.7. The van der Waals surface area contributed by atoms with Crippen molar-refractivity contribution in [1.82, 2.24) is 39.9 Å². The highest BCUT2D eigenvalue weighted by atomic mass is 16.5. The molecule has 15 aromatic rings. The Labute approximate surface area is 603 Å². The number of aromatic nitrogens is 8. The van der Waals surface area contributed by atoms with Crippen molar-refractivity contribution in [3.05, 3.63) is 360 Å². The van der Waals surface area contributed by atoms with E-state index in [0.29, 0.717) is 95.3 Å². The molecule has 0 aliphatic carbocycles. The summed E-state index contributed by atoms with van der Waals surface area (Å²) in [7, 11) is 0. The molecule has 0 fully saturated rings. The molecular formula is C92H74N8O4. The number of fused-ring (bicyclic) bond motifs is 20. The SMILES string of the molecule is c1ccc(C(CCOc2ccc3c(c2)-c2nc-3nc3[nH]c(nc4nc(nc5[nH]c(n2)c2ccc(OCCC(c6ccccc6)c6ccccc6)cc52)-c2ccc(OCCC(c5ccccc5)c5ccccc5)cc2-4)c2ccc(OCCC(c4ccccc4)c4ccccc4)cc32)c2ccccc2)cc1. The van der Waals surface area contributed by atoms with Crippen molar-refractivity contribution in [3.63, 3.8) is 0 Å². The van der Waals surface area contributed by atoms with Crippen LogP contribution in [-0.4, -0.2) is 66.3 Å². The molecule has 506 valence electrons. The third-order valence-corrected chi connectivity index (χ3v) is 20.0. The predicted octanol–water partition coefficient (Wildman–Crippen LogP) is 21.3. The van der Waals surface area contributed by atoms with Crippen LogP contribution in [0.4, 0.5) is 0 Å². The second-order valence-corrected chi connectivity index (χ2v) is 26.5. The summed E-state index contributed by atoms with van der Waals surface area (Å²) in [6.45, 7) is 1.85. The van der Waals surface area contributed by atoms with Gasteiger partial charge in [-0.2, -0.15) is 0 Å². The van der Waals surface area contributed by atoms with Crippen molar-refractivity contribution in [2.24, 2.45) is 0 Å². The molecule has 12 nitrogen and oxygen atoms in total. The zero-order chi connectivity index (χ0) is 69.4. The van der Waals surface area contributed by atoms with Crippen LogP contribution in [0.15, 0.2) is 315 Å². The second-order valence-electron chi connectivity index (χ2n) is 26.5. The van der Waals surface area contributed by atoms with Crippen LogP contribution in [0, 0.1) is 0 Å². The fourth-order valence-electron chi connectivity index (χ4n) is 14.8. The lowest BCUT2D eigenvalue weighted by Gasteiger charge is -2.18. The van der Waals surface area contributed by atoms with E-state index in [1.54, 1.807) is 0 Å². The Morgan fingerprint density at radius 3 is 0.692 bits per heavy atom. The smallest absolute Gasteiger partial charge is 0.164 e. The molecule has 0 saturated carbocycles. The standard InChI is InChI=1S/C92H74N8O4/c1-9-25-61(26-10-1)73(62-27-11-2-12-28-62)49-53-101-69-41-45-77-81(57-69)89-93-85(77)98-90-83-59-71(103-55-51-75(65-33-17-5-18-34-65)66-35-19-6-20-36-66)43-47-79(83)87(95-90)100-92-84-60-72(104-56-52-76(67-37-21-7-22-38-67)68-39-23-8-24-40-68)44-48-80(84)88(96-92)99-91-82-58-70(42-46-78(82)86(94-91)97-89)102-54-50-74(63-29-13-3-14-30-63)64-31-15-4-16-32-64/h1-48,57-60,73-76H,49-56H2,(H2,93,94,95,96,97,98,99,100). The first-order valence-corrected chi connectivity index (χ1v) is 35.8. The van der Waals surface area contributed by atoms with Gasteiger partial charge in [-0.3, -0.25) is 0 Å². The van der Waals surface area contributed by atoms with E-state index in [1.165, 1.54) is 44.5 Å². The van der Waals surface area contributed by atoms with E-state index in [-0.39, 0.29) is 23.7 Å². The monoisotopic (exact) mass is 1350 g/mol. The van der Waals surface area contributed by atoms with Gasteiger partial charge in [0, 0.05) is 67.5 Å². The van der Waals surface area contributed by atoms with Crippen LogP contribution in [0.1, 0.15) is 93.9 Å². The Hall–Kier alpha value is -12.8. The summed E-state index contributed by atoms with van der Waals surface area (Å²) < 4.78 is 27.1. The van der Waals surface area contributed by atoms with Gasteiger partial charge in [-0.15, -0.1) is 0 Å². The Morgan fingerprint density at radius 1 is 0.212 bits per heavy atom. The number of hydrogen-bond donors (Lipinski definition) is 2. The van der Waals surface area contributed by atoms with Crippen molar-refractivity contribution in [2.75, 3.05) is 26.4 Å². The summed E-state index contributed by atoms with van der Waals surface area (Å²) in [5.74, 6) is 5.12. The van der Waals surface area contributed by atoms with Crippen LogP contribution in [0.25, 0.3) is 89.7 Å². The minimum Gasteiger partial charge on any atom is -0.494 e. The number of rotatable bonds is 24. The van der Waals surface area contributed by atoms with Crippen molar-refractivity contribution in [1.29, 1.82) is 0 Å². The van der Waals surface area contributed by atoms with E-state index in [9.17, 15) is 0 Å². The van der Waals surface area contributed by atoms with Crippen molar-refractivity contribution in [3.8, 4) is 68.5 Å². The van der Waals surface area contributed by atoms with Crippen LogP contribution in [-0.2, 0) is 0 Å². The van der Waals surface area contributed by atoms with Gasteiger partial charge in [0.05, 0.1) is 26.4 Å². The highest BCUT2D eigenvalue weighted by Crippen LogP contribution is 2.42. The van der Waals surface area contributed by atoms with Crippen LogP contribution in [0.3, 0.4) is 0 Å². The average Bonchev–Trinajstić information content (AvgIpc) is 1.60. The Kier molecular flexibility index (Phi) is 18.5. The van der Waals surface area contributed by atoms with Crippen LogP contribution in [0.2, 0.25) is 0 Å². The summed E-state index contributed by atoms with van der Waals surface area (Å²) in [5.41, 5.74) is 15.2. The lowest BCUT2D eigenvalue weighted by molar-refractivity contribution is 0.304. The van der Waals surface area contributed by atoms with Gasteiger partial charge in [0.1, 0.15) is 45.6 Å². The van der Waals surface area contributed by atoms with Gasteiger partial charge < -0.3 is 28.9 Å². The molecule has 17 rings (SSSR count). The van der Waals surface area contributed by atoms with Crippen molar-refractivity contribution in [2.45, 2.75) is 49.4 Å². The number of nitrogens with one attached hydrogen (secondary N) is 2. The average molecular weight is 1360 g/mol. The number of hydrogen-bond acceptors (Lipinski definition) is 10. The largest absolute Gasteiger partial charge is 0.494 e. The van der Waals surface area contributed by atoms with Gasteiger partial charge in [0.2, 0.25) is 0 Å². The molecule has 0 amide bonds. The quantitative estimate of drug-likeness (QED) is 0.0599. The molecule has 2 aliphatic heterocycles. The molecule has 12 heteroatoms. The fraction of sp³-hybridized carbons (Fsp3) is 0.130. The Bertz CT molecular complexity index is 5150. The van der Waals surface area contributed by atoms with Gasteiger partial charge in [-0.1, -0.05) is 243 Å². The zero-order valence-electron chi connectivity index (χ0n) is 57.3. The molecule has 12 aromatic carbocycles. The molecule has 8 bridgehead atoms. The zero-order valence-corrected chi connectivity index (χ0v) is 57.3. The van der Waals surface area contributed by atoms with Gasteiger partial charge in [0.25, 0.3) is 0 Å². The van der Waals surface area contributed by atoms with Gasteiger partial charge in [-0.05, 0) is 143 Å². The molecule has 2 N–H and O–H groups in total. The van der Waals surface area contributed by atoms with E-state index in [1.807, 2.05) is 48.5 Å². The molecular weight excluding hydrogens is 1280 g/mol. The first kappa shape index (κ1) is 64.6. The minimum atomic E-state index is 0.133. The number of aromatic amines is 2. The maximum Gasteiger partial charge on any atom is 0.164 e. The molecule has 2 aliphatic rings. The van der Waals surface area contributed by atoms with E-state index < -0.39 is 0 Å². The molecule has 3 aromatic heterocycles. The maximum absolute atomic E-state index is 6.77. The van der Waals surface area contributed by atoms with E-state index in [4.69, 9.17) is 48.9 Å². The van der Waals surface area contributed by atoms with E-state index in [0.717, 1.165) is 69.5 Å². The molecule has 0 saturated heterocycles. The molecule has 0 unspecified atom stereocenters. The number of benzene rings is 12. The highest BCUT2D eigenvalue weighted by Gasteiger charge is 2.26. The first-order valence-electron chi connectivity index (χ1n) is 35.8. The second kappa shape index (κ2) is 29.8. The third kappa shape index (κ3) is 13.9. The first-order chi connectivity index (χ1) is 51.5. The molecule has 0 spiro atoms. The number of H-pyrrole nitrogens is 2. The summed E-state index contributed by atoms with van der Waals surface area (Å²) in [6.07, 6.45) is 3.02. The summed E-state index contributed by atoms with van der Waals surface area (Å²) in [6, 6.07) is 110. The predicted molar refractivity (Wildman–Crippen MR) is 415 cm³/mol. The van der Waals surface area contributed by atoms with Crippen LogP contribution >= 0.6 is 0 Å². The lowest BCUT2D eigenvalue weighted by atomic mass is 9.89. The fourth-order valence-corrected chi connectivity index (χ4v) is 14.8. The van der Waals surface area contributed by atoms with Crippen molar-refractivity contribution >= 4 is 44.1 Å². The summed E-state index contributed by atoms with van der Waals surface area (Å²) in [4.78, 5) is 40.1. The molecule has 5 heterocycles. The molecule has 0 radical (unpaired) electrons. The van der Waals surface area contributed by atoms with E-state index in [2.05, 4.69) is 277 Å². The number of ether oxygens (including phenoxy) is 4.